The van der Waals surface area contributed by atoms with Gasteiger partial charge in [-0.3, -0.25) is 4.31 Å². The van der Waals surface area contributed by atoms with Gasteiger partial charge in [0.15, 0.2) is 11.5 Å². The third-order valence-corrected chi connectivity index (χ3v) is 6.07. The van der Waals surface area contributed by atoms with Crippen LogP contribution in [0.2, 0.25) is 5.02 Å². The highest BCUT2D eigenvalue weighted by molar-refractivity contribution is 7.93. The summed E-state index contributed by atoms with van der Waals surface area (Å²) in [4.78, 5) is 11.3. The van der Waals surface area contributed by atoms with Gasteiger partial charge in [-0.25, -0.2) is 13.2 Å². The summed E-state index contributed by atoms with van der Waals surface area (Å²) in [5.41, 5.74) is -0.0608. The number of carbonyl (C=O) groups is 1. The SMILES string of the molecule is COc1ccc(Cl)cc1S(=O)(=O)N1CCOc2c(OC)cc(C(=O)O)cc21. The number of anilines is 1. The van der Waals surface area contributed by atoms with E-state index in [4.69, 9.17) is 25.8 Å². The van der Waals surface area contributed by atoms with Crippen molar-refractivity contribution in [1.29, 1.82) is 0 Å². The lowest BCUT2D eigenvalue weighted by molar-refractivity contribution is 0.0696. The van der Waals surface area contributed by atoms with Crippen molar-refractivity contribution in [3.8, 4) is 17.2 Å². The highest BCUT2D eigenvalue weighted by Gasteiger charge is 2.35. The smallest absolute Gasteiger partial charge is 0.335 e. The Morgan fingerprint density at radius 3 is 2.52 bits per heavy atom. The van der Waals surface area contributed by atoms with E-state index in [-0.39, 0.29) is 51.6 Å². The number of rotatable bonds is 5. The number of carboxylic acid groups (broad SMARTS) is 1. The molecule has 144 valence electrons. The summed E-state index contributed by atoms with van der Waals surface area (Å²) in [6.07, 6.45) is 0. The number of aromatic carboxylic acids is 1. The van der Waals surface area contributed by atoms with E-state index in [2.05, 4.69) is 0 Å². The maximum atomic E-state index is 13.3. The fourth-order valence-corrected chi connectivity index (χ4v) is 4.63. The first-order chi connectivity index (χ1) is 12.8. The molecule has 0 fully saturated rings. The molecule has 1 aliphatic heterocycles. The molecule has 0 saturated heterocycles. The van der Waals surface area contributed by atoms with Crippen LogP contribution in [0.25, 0.3) is 0 Å². The average molecular weight is 414 g/mol. The summed E-state index contributed by atoms with van der Waals surface area (Å²) in [7, 11) is -1.42. The minimum absolute atomic E-state index is 0.0166. The number of methoxy groups -OCH3 is 2. The van der Waals surface area contributed by atoms with Gasteiger partial charge in [0, 0.05) is 5.02 Å². The van der Waals surface area contributed by atoms with Crippen LogP contribution in [0.5, 0.6) is 17.2 Å². The second-order valence-corrected chi connectivity index (χ2v) is 7.82. The Hall–Kier alpha value is -2.65. The first-order valence-electron chi connectivity index (χ1n) is 7.74. The maximum Gasteiger partial charge on any atom is 0.335 e. The quantitative estimate of drug-likeness (QED) is 0.803. The number of halogens is 1. The van der Waals surface area contributed by atoms with Crippen LogP contribution in [0.3, 0.4) is 0 Å². The van der Waals surface area contributed by atoms with Crippen LogP contribution in [0.15, 0.2) is 35.2 Å². The van der Waals surface area contributed by atoms with E-state index in [1.165, 1.54) is 44.6 Å². The van der Waals surface area contributed by atoms with Crippen molar-refractivity contribution in [3.63, 3.8) is 0 Å². The highest BCUT2D eigenvalue weighted by atomic mass is 35.5. The molecule has 0 amide bonds. The fourth-order valence-electron chi connectivity index (χ4n) is 2.76. The lowest BCUT2D eigenvalue weighted by Crippen LogP contribution is -2.38. The molecule has 27 heavy (non-hydrogen) atoms. The van der Waals surface area contributed by atoms with E-state index >= 15 is 0 Å². The van der Waals surface area contributed by atoms with Crippen LogP contribution in [0.1, 0.15) is 10.4 Å². The predicted octanol–water partition coefficient (Wildman–Crippen LogP) is 2.64. The number of hydrogen-bond acceptors (Lipinski definition) is 6. The Morgan fingerprint density at radius 1 is 1.19 bits per heavy atom. The van der Waals surface area contributed by atoms with Gasteiger partial charge in [0.25, 0.3) is 10.0 Å². The molecular formula is C17H16ClNO7S. The third kappa shape index (κ3) is 3.35. The molecule has 1 heterocycles. The second kappa shape index (κ2) is 7.16. The first-order valence-corrected chi connectivity index (χ1v) is 9.55. The topological polar surface area (TPSA) is 102 Å². The van der Waals surface area contributed by atoms with E-state index < -0.39 is 16.0 Å². The zero-order valence-electron chi connectivity index (χ0n) is 14.4. The molecule has 0 aromatic heterocycles. The number of nitrogens with zero attached hydrogens (tertiary/aromatic N) is 1. The molecule has 2 aromatic carbocycles. The van der Waals surface area contributed by atoms with Crippen molar-refractivity contribution >= 4 is 33.3 Å². The molecule has 2 aromatic rings. The van der Waals surface area contributed by atoms with E-state index in [1.807, 2.05) is 0 Å². The van der Waals surface area contributed by atoms with E-state index in [9.17, 15) is 18.3 Å². The summed E-state index contributed by atoms with van der Waals surface area (Å²) in [6.45, 7) is 0.0507. The summed E-state index contributed by atoms with van der Waals surface area (Å²) in [6, 6.07) is 6.75. The molecule has 10 heteroatoms. The Labute approximate surface area is 160 Å². The average Bonchev–Trinajstić information content (AvgIpc) is 2.66. The molecule has 0 aliphatic carbocycles. The number of carboxylic acids is 1. The number of fused-ring (bicyclic) bond motifs is 1. The molecule has 0 spiro atoms. The lowest BCUT2D eigenvalue weighted by atomic mass is 10.1. The fraction of sp³-hybridized carbons (Fsp3) is 0.235. The summed E-state index contributed by atoms with van der Waals surface area (Å²) < 4.78 is 43.6. The molecule has 8 nitrogen and oxygen atoms in total. The summed E-state index contributed by atoms with van der Waals surface area (Å²) in [5, 5.41) is 9.55. The molecular weight excluding hydrogens is 398 g/mol. The molecule has 0 unspecified atom stereocenters. The van der Waals surface area contributed by atoms with Gasteiger partial charge in [-0.2, -0.15) is 0 Å². The van der Waals surface area contributed by atoms with Crippen LogP contribution in [0, 0.1) is 0 Å². The van der Waals surface area contributed by atoms with Crippen molar-refractivity contribution < 1.29 is 32.5 Å². The van der Waals surface area contributed by atoms with Crippen LogP contribution < -0.4 is 18.5 Å². The van der Waals surface area contributed by atoms with Gasteiger partial charge in [0.1, 0.15) is 17.3 Å². The molecule has 0 saturated carbocycles. The molecule has 0 radical (unpaired) electrons. The van der Waals surface area contributed by atoms with Crippen molar-refractivity contribution in [3.05, 3.63) is 40.9 Å². The van der Waals surface area contributed by atoms with Crippen LogP contribution in [-0.2, 0) is 10.0 Å². The second-order valence-electron chi connectivity index (χ2n) is 5.55. The first kappa shape index (κ1) is 19.1. The highest BCUT2D eigenvalue weighted by Crippen LogP contribution is 2.44. The van der Waals surface area contributed by atoms with Crippen LogP contribution in [-0.4, -0.2) is 46.9 Å². The van der Waals surface area contributed by atoms with Gasteiger partial charge in [-0.15, -0.1) is 0 Å². The van der Waals surface area contributed by atoms with Gasteiger partial charge in [0.05, 0.1) is 32.0 Å². The Balaban J connectivity index is 2.22. The van der Waals surface area contributed by atoms with E-state index in [1.54, 1.807) is 0 Å². The molecule has 0 bridgehead atoms. The zero-order chi connectivity index (χ0) is 19.8. The van der Waals surface area contributed by atoms with Gasteiger partial charge in [0.2, 0.25) is 0 Å². The van der Waals surface area contributed by atoms with E-state index in [0.29, 0.717) is 0 Å². The molecule has 1 aliphatic rings. The Bertz CT molecular complexity index is 1010. The number of sulfonamides is 1. The summed E-state index contributed by atoms with van der Waals surface area (Å²) >= 11 is 5.97. The van der Waals surface area contributed by atoms with Gasteiger partial charge in [-0.05, 0) is 30.3 Å². The minimum Gasteiger partial charge on any atom is -0.495 e. The van der Waals surface area contributed by atoms with Crippen molar-refractivity contribution in [2.45, 2.75) is 4.90 Å². The standard InChI is InChI=1S/C17H16ClNO7S/c1-24-13-4-3-11(18)9-15(13)27(22,23)19-5-6-26-16-12(19)7-10(17(20)21)8-14(16)25-2/h3-4,7-9H,5-6H2,1-2H3,(H,20,21). The Morgan fingerprint density at radius 2 is 1.89 bits per heavy atom. The lowest BCUT2D eigenvalue weighted by Gasteiger charge is -2.31. The van der Waals surface area contributed by atoms with Crippen molar-refractivity contribution in [2.75, 3.05) is 31.7 Å². The molecule has 3 rings (SSSR count). The number of benzene rings is 2. The summed E-state index contributed by atoms with van der Waals surface area (Å²) in [5.74, 6) is -0.825. The maximum absolute atomic E-state index is 13.3. The van der Waals surface area contributed by atoms with Gasteiger partial charge >= 0.3 is 5.97 Å². The minimum atomic E-state index is -4.11. The number of hydrogen-bond donors (Lipinski definition) is 1. The van der Waals surface area contributed by atoms with Gasteiger partial charge < -0.3 is 19.3 Å². The monoisotopic (exact) mass is 413 g/mol. The van der Waals surface area contributed by atoms with Crippen molar-refractivity contribution in [2.24, 2.45) is 0 Å². The van der Waals surface area contributed by atoms with Gasteiger partial charge in [-0.1, -0.05) is 11.6 Å². The van der Waals surface area contributed by atoms with Crippen molar-refractivity contribution in [1.82, 2.24) is 0 Å². The predicted molar refractivity (Wildman–Crippen MR) is 98.0 cm³/mol. The zero-order valence-corrected chi connectivity index (χ0v) is 16.0. The Kier molecular flexibility index (Phi) is 5.07. The third-order valence-electron chi connectivity index (χ3n) is 4.01. The van der Waals surface area contributed by atoms with Crippen LogP contribution in [0.4, 0.5) is 5.69 Å². The largest absolute Gasteiger partial charge is 0.495 e. The normalized spacial score (nSPS) is 13.5. The molecule has 1 N–H and O–H groups in total. The van der Waals surface area contributed by atoms with Crippen LogP contribution >= 0.6 is 11.6 Å². The van der Waals surface area contributed by atoms with E-state index in [0.717, 1.165) is 4.31 Å². The molecule has 0 atom stereocenters. The number of ether oxygens (including phenoxy) is 3.